The van der Waals surface area contributed by atoms with E-state index >= 15 is 0 Å². The quantitative estimate of drug-likeness (QED) is 0.374. The molecule has 0 atom stereocenters. The molecule has 41 heavy (non-hydrogen) atoms. The van der Waals surface area contributed by atoms with Gasteiger partial charge in [-0.05, 0) is 31.9 Å². The van der Waals surface area contributed by atoms with Crippen LogP contribution < -0.4 is 19.7 Å². The highest BCUT2D eigenvalue weighted by Crippen LogP contribution is 2.41. The molecule has 0 unspecified atom stereocenters. The van der Waals surface area contributed by atoms with Gasteiger partial charge in [-0.2, -0.15) is 0 Å². The molecule has 3 aromatic rings. The van der Waals surface area contributed by atoms with Gasteiger partial charge >= 0.3 is 0 Å². The van der Waals surface area contributed by atoms with E-state index in [2.05, 4.69) is 25.3 Å². The molecule has 0 bridgehead atoms. The number of nitrogens with one attached hydrogen (secondary N) is 2. The maximum atomic E-state index is 13.6. The predicted octanol–water partition coefficient (Wildman–Crippen LogP) is 2.30. The van der Waals surface area contributed by atoms with Crippen molar-refractivity contribution in [3.8, 4) is 11.0 Å². The second-order valence-corrected chi connectivity index (χ2v) is 14.0. The molecule has 2 N–H and O–H groups in total. The summed E-state index contributed by atoms with van der Waals surface area (Å²) in [5, 5.41) is 15.4. The van der Waals surface area contributed by atoms with Crippen LogP contribution in [-0.4, -0.2) is 90.1 Å². The molecule has 2 aliphatic heterocycles. The van der Waals surface area contributed by atoms with Gasteiger partial charge in [0.1, 0.15) is 6.10 Å². The Morgan fingerprint density at radius 3 is 2.44 bits per heavy atom. The molecule has 3 aliphatic rings. The van der Waals surface area contributed by atoms with E-state index in [1.54, 1.807) is 6.07 Å². The lowest BCUT2D eigenvalue weighted by Gasteiger charge is -2.37. The van der Waals surface area contributed by atoms with Crippen molar-refractivity contribution in [1.82, 2.24) is 34.9 Å². The highest BCUT2D eigenvalue weighted by atomic mass is 32.2. The van der Waals surface area contributed by atoms with Crippen LogP contribution >= 0.6 is 11.3 Å². The number of carbonyl (C=O) groups is 1. The summed E-state index contributed by atoms with van der Waals surface area (Å²) < 4.78 is 64.3. The van der Waals surface area contributed by atoms with E-state index in [9.17, 15) is 22.0 Å². The predicted molar refractivity (Wildman–Crippen MR) is 148 cm³/mol. The number of carbonyl (C=O) groups excluding carboxylic acids is 1. The number of benzene rings is 1. The van der Waals surface area contributed by atoms with Gasteiger partial charge in [0.05, 0.1) is 21.5 Å². The minimum Gasteiger partial charge on any atom is -0.470 e. The zero-order chi connectivity index (χ0) is 29.1. The summed E-state index contributed by atoms with van der Waals surface area (Å²) in [7, 11) is -3.94. The van der Waals surface area contributed by atoms with Crippen LogP contribution in [-0.2, 0) is 14.8 Å². The molecule has 3 fully saturated rings. The molecule has 2 saturated heterocycles. The average molecular weight is 611 g/mol. The van der Waals surface area contributed by atoms with Gasteiger partial charge in [-0.1, -0.05) is 25.2 Å². The lowest BCUT2D eigenvalue weighted by atomic mass is 10.1. The first kappa shape index (κ1) is 28.2. The highest BCUT2D eigenvalue weighted by molar-refractivity contribution is 7.89. The van der Waals surface area contributed by atoms with E-state index in [0.717, 1.165) is 12.8 Å². The summed E-state index contributed by atoms with van der Waals surface area (Å²) in [6.45, 7) is 8.67. The topological polar surface area (TPSA) is 135 Å². The van der Waals surface area contributed by atoms with Crippen LogP contribution in [0.3, 0.4) is 0 Å². The van der Waals surface area contributed by atoms with Gasteiger partial charge in [0.25, 0.3) is 6.43 Å². The fraction of sp³-hybridized carbons (Fsp3) is 0.600. The van der Waals surface area contributed by atoms with Gasteiger partial charge in [-0.15, -0.1) is 15.3 Å². The molecular weight excluding hydrogens is 578 g/mol. The molecule has 0 radical (unpaired) electrons. The van der Waals surface area contributed by atoms with Crippen LogP contribution in [0.2, 0.25) is 0 Å². The van der Waals surface area contributed by atoms with Crippen molar-refractivity contribution < 1.29 is 26.7 Å². The average Bonchev–Trinajstić information content (AvgIpc) is 3.27. The van der Waals surface area contributed by atoms with Crippen molar-refractivity contribution in [2.24, 2.45) is 5.92 Å². The van der Waals surface area contributed by atoms with E-state index in [1.165, 1.54) is 10.7 Å². The third kappa shape index (κ3) is 5.49. The normalized spacial score (nSPS) is 19.3. The molecule has 1 aromatic carbocycles. The third-order valence-corrected chi connectivity index (χ3v) is 10.2. The van der Waals surface area contributed by atoms with E-state index in [0.29, 0.717) is 67.2 Å². The van der Waals surface area contributed by atoms with E-state index in [4.69, 9.17) is 4.74 Å². The molecule has 2 aromatic heterocycles. The first-order valence-corrected chi connectivity index (χ1v) is 15.9. The Morgan fingerprint density at radius 1 is 1.17 bits per heavy atom. The fourth-order valence-electron chi connectivity index (χ4n) is 4.91. The van der Waals surface area contributed by atoms with Gasteiger partial charge in [0, 0.05) is 50.7 Å². The van der Waals surface area contributed by atoms with Crippen molar-refractivity contribution in [3.05, 3.63) is 17.1 Å². The second kappa shape index (κ2) is 10.4. The molecule has 1 saturated carbocycles. The summed E-state index contributed by atoms with van der Waals surface area (Å²) in [5.74, 6) is 0.187. The number of halogens is 2. The summed E-state index contributed by atoms with van der Waals surface area (Å²) in [6.07, 6.45) is -1.49. The molecule has 0 spiro atoms. The summed E-state index contributed by atoms with van der Waals surface area (Å²) in [4.78, 5) is 16.5. The zero-order valence-electron chi connectivity index (χ0n) is 22.9. The van der Waals surface area contributed by atoms with Crippen LogP contribution in [0.4, 0.5) is 14.5 Å². The van der Waals surface area contributed by atoms with Crippen molar-refractivity contribution in [2.45, 2.75) is 56.6 Å². The summed E-state index contributed by atoms with van der Waals surface area (Å²) >= 11 is 0.679. The van der Waals surface area contributed by atoms with Crippen LogP contribution in [0.5, 0.6) is 5.88 Å². The van der Waals surface area contributed by atoms with Crippen LogP contribution in [0, 0.1) is 5.92 Å². The molecule has 12 nitrogen and oxygen atoms in total. The number of ether oxygens (including phenoxy) is 1. The van der Waals surface area contributed by atoms with Gasteiger partial charge in [-0.25, -0.2) is 26.6 Å². The minimum absolute atomic E-state index is 0.0189. The lowest BCUT2D eigenvalue weighted by Crippen LogP contribution is -2.50. The number of piperazine rings is 1. The molecule has 6 rings (SSSR count). The Morgan fingerprint density at radius 2 is 1.88 bits per heavy atom. The second-order valence-electron chi connectivity index (χ2n) is 11.3. The van der Waals surface area contributed by atoms with E-state index < -0.39 is 27.0 Å². The van der Waals surface area contributed by atoms with E-state index in [-0.39, 0.29) is 33.8 Å². The molecular formula is C25H32F2N8O4S2. The first-order valence-electron chi connectivity index (χ1n) is 13.6. The number of amides is 1. The first-order chi connectivity index (χ1) is 19.4. The van der Waals surface area contributed by atoms with Gasteiger partial charge < -0.3 is 19.9 Å². The van der Waals surface area contributed by atoms with Crippen LogP contribution in [0.15, 0.2) is 17.0 Å². The number of nitrogens with zero attached hydrogens (tertiary/aromatic N) is 6. The Kier molecular flexibility index (Phi) is 7.15. The van der Waals surface area contributed by atoms with Gasteiger partial charge in [0.15, 0.2) is 5.01 Å². The zero-order valence-corrected chi connectivity index (χ0v) is 24.6. The van der Waals surface area contributed by atoms with Gasteiger partial charge in [-0.3, -0.25) is 4.79 Å². The number of fused-ring (bicyclic) bond motifs is 1. The fourth-order valence-corrected chi connectivity index (χ4v) is 7.08. The number of alkyl halides is 2. The number of aromatic nitrogens is 4. The Labute approximate surface area is 240 Å². The molecule has 1 amide bonds. The van der Waals surface area contributed by atoms with Gasteiger partial charge in [0.2, 0.25) is 26.9 Å². The number of hydrogen-bond donors (Lipinski definition) is 2. The number of sulfonamides is 1. The Bertz CT molecular complexity index is 1580. The van der Waals surface area contributed by atoms with Crippen LogP contribution in [0.25, 0.3) is 16.0 Å². The van der Waals surface area contributed by atoms with Crippen molar-refractivity contribution in [1.29, 1.82) is 0 Å². The minimum atomic E-state index is -3.94. The standard InChI is InChI=1S/C25H32F2N8O4S2/c1-14(2)23(36)34-8-6-33(7-9-34)17-10-16(41(37,38)32-25(3)4-5-25)11-18-19(17)21(39-15-12-28-13-15)31-35(18)24-30-29-22(40-24)20(26)27/h10-11,14-15,20,28,32H,4-9,12-13H2,1-3H3. The summed E-state index contributed by atoms with van der Waals surface area (Å²) in [6, 6.07) is 3.09. The van der Waals surface area contributed by atoms with Crippen molar-refractivity contribution in [3.63, 3.8) is 0 Å². The SMILES string of the molecule is CC(C)C(=O)N1CCN(c2cc(S(=O)(=O)NC3(C)CC3)cc3c2c(OC2CNC2)nn3-c2nnc(C(F)F)s2)CC1. The van der Waals surface area contributed by atoms with Crippen molar-refractivity contribution >= 4 is 43.9 Å². The molecule has 4 heterocycles. The number of rotatable bonds is 9. The monoisotopic (exact) mass is 610 g/mol. The third-order valence-electron chi connectivity index (χ3n) is 7.64. The smallest absolute Gasteiger partial charge is 0.291 e. The number of hydrogen-bond acceptors (Lipinski definition) is 10. The highest BCUT2D eigenvalue weighted by Gasteiger charge is 2.42. The maximum Gasteiger partial charge on any atom is 0.291 e. The Balaban J connectivity index is 1.49. The van der Waals surface area contributed by atoms with E-state index in [1.807, 2.05) is 30.6 Å². The summed E-state index contributed by atoms with van der Waals surface area (Å²) in [5.41, 5.74) is 0.421. The van der Waals surface area contributed by atoms with Crippen LogP contribution in [0.1, 0.15) is 45.0 Å². The largest absolute Gasteiger partial charge is 0.470 e. The Hall–Kier alpha value is -2.95. The molecule has 16 heteroatoms. The lowest BCUT2D eigenvalue weighted by molar-refractivity contribution is -0.134. The maximum absolute atomic E-state index is 13.6. The van der Waals surface area contributed by atoms with Crippen molar-refractivity contribution in [2.75, 3.05) is 44.2 Å². The molecule has 1 aliphatic carbocycles. The molecule has 222 valence electrons. The number of anilines is 1.